The van der Waals surface area contributed by atoms with Gasteiger partial charge in [-0.3, -0.25) is 15.0 Å². The number of aliphatic imine (C=N–C) groups is 2. The molecule has 0 fully saturated rings. The Morgan fingerprint density at radius 2 is 1.40 bits per heavy atom. The summed E-state index contributed by atoms with van der Waals surface area (Å²) in [5, 5.41) is 0. The van der Waals surface area contributed by atoms with Gasteiger partial charge in [0.15, 0.2) is 0 Å². The largest absolute Gasteiger partial charge is 0.261 e. The molecule has 0 atom stereocenters. The molecule has 1 heterocycles. The summed E-state index contributed by atoms with van der Waals surface area (Å²) in [4.78, 5) is 14.6. The van der Waals surface area contributed by atoms with E-state index in [1.165, 1.54) is 27.8 Å². The van der Waals surface area contributed by atoms with Crippen LogP contribution in [0.25, 0.3) is 0 Å². The van der Waals surface area contributed by atoms with E-state index in [0.29, 0.717) is 6.42 Å². The maximum atomic E-state index is 4.92. The number of nitrogens with zero attached hydrogens (tertiary/aromatic N) is 3. The van der Waals surface area contributed by atoms with Crippen molar-refractivity contribution in [3.63, 3.8) is 0 Å². The SMILES string of the molecule is CC(=Nc1c(C)cc(C)cc1C)c1cccc(CC=Nc2cc(C(C)(C)C)cc(C(C)(C)C)c2)n1. The van der Waals surface area contributed by atoms with Crippen molar-refractivity contribution >= 4 is 23.3 Å². The fourth-order valence-electron chi connectivity index (χ4n) is 4.16. The fourth-order valence-corrected chi connectivity index (χ4v) is 4.16. The van der Waals surface area contributed by atoms with Crippen LogP contribution in [0.5, 0.6) is 0 Å². The van der Waals surface area contributed by atoms with Gasteiger partial charge in [-0.25, -0.2) is 0 Å². The Labute approximate surface area is 212 Å². The molecule has 0 unspecified atom stereocenters. The zero-order valence-electron chi connectivity index (χ0n) is 23.2. The smallest absolute Gasteiger partial charge is 0.0845 e. The summed E-state index contributed by atoms with van der Waals surface area (Å²) in [6.07, 6.45) is 2.65. The number of aryl methyl sites for hydroxylation is 3. The van der Waals surface area contributed by atoms with E-state index in [2.05, 4.69) is 105 Å². The molecule has 0 N–H and O–H groups in total. The van der Waals surface area contributed by atoms with Crippen LogP contribution in [-0.2, 0) is 17.3 Å². The van der Waals surface area contributed by atoms with E-state index in [0.717, 1.165) is 28.5 Å². The quantitative estimate of drug-likeness (QED) is 0.346. The van der Waals surface area contributed by atoms with Crippen LogP contribution in [-0.4, -0.2) is 16.9 Å². The minimum absolute atomic E-state index is 0.0758. The van der Waals surface area contributed by atoms with Gasteiger partial charge < -0.3 is 0 Å². The van der Waals surface area contributed by atoms with Crippen molar-refractivity contribution in [2.45, 2.75) is 86.5 Å². The van der Waals surface area contributed by atoms with Crippen LogP contribution < -0.4 is 0 Å². The average Bonchev–Trinajstić information content (AvgIpc) is 2.75. The van der Waals surface area contributed by atoms with Gasteiger partial charge in [-0.1, -0.05) is 71.4 Å². The predicted octanol–water partition coefficient (Wildman–Crippen LogP) is 8.69. The van der Waals surface area contributed by atoms with E-state index < -0.39 is 0 Å². The van der Waals surface area contributed by atoms with Crippen LogP contribution in [0.15, 0.2) is 58.5 Å². The molecule has 0 radical (unpaired) electrons. The first kappa shape index (κ1) is 26.5. The van der Waals surface area contributed by atoms with Crippen LogP contribution in [0.4, 0.5) is 11.4 Å². The van der Waals surface area contributed by atoms with Crippen molar-refractivity contribution in [1.29, 1.82) is 0 Å². The molecule has 3 heteroatoms. The van der Waals surface area contributed by atoms with Crippen LogP contribution >= 0.6 is 0 Å². The third-order valence-electron chi connectivity index (χ3n) is 6.28. The highest BCUT2D eigenvalue weighted by molar-refractivity contribution is 5.99. The zero-order valence-corrected chi connectivity index (χ0v) is 23.2. The number of benzene rings is 2. The van der Waals surface area contributed by atoms with Crippen LogP contribution in [0.2, 0.25) is 0 Å². The lowest BCUT2D eigenvalue weighted by molar-refractivity contribution is 0.569. The predicted molar refractivity (Wildman–Crippen MR) is 152 cm³/mol. The molecule has 0 amide bonds. The summed E-state index contributed by atoms with van der Waals surface area (Å²) in [6, 6.07) is 17.2. The molecule has 3 rings (SSSR count). The Hall–Kier alpha value is -3.07. The molecule has 3 nitrogen and oxygen atoms in total. The first-order valence-corrected chi connectivity index (χ1v) is 12.5. The van der Waals surface area contributed by atoms with Crippen molar-refractivity contribution in [1.82, 2.24) is 4.98 Å². The van der Waals surface area contributed by atoms with Gasteiger partial charge in [0, 0.05) is 18.3 Å². The van der Waals surface area contributed by atoms with Crippen molar-refractivity contribution < 1.29 is 0 Å². The zero-order chi connectivity index (χ0) is 26.0. The monoisotopic (exact) mass is 467 g/mol. The minimum atomic E-state index is 0.0758. The van der Waals surface area contributed by atoms with Gasteiger partial charge >= 0.3 is 0 Å². The highest BCUT2D eigenvalue weighted by Gasteiger charge is 2.20. The van der Waals surface area contributed by atoms with Crippen LogP contribution in [0.3, 0.4) is 0 Å². The van der Waals surface area contributed by atoms with Gasteiger partial charge in [-0.2, -0.15) is 0 Å². The molecule has 0 saturated heterocycles. The summed E-state index contributed by atoms with van der Waals surface area (Å²) in [5.74, 6) is 0. The number of pyridine rings is 1. The van der Waals surface area contributed by atoms with Crippen LogP contribution in [0, 0.1) is 20.8 Å². The second kappa shape index (κ2) is 10.3. The second-order valence-corrected chi connectivity index (χ2v) is 11.7. The molecule has 0 aliphatic heterocycles. The Morgan fingerprint density at radius 1 is 0.829 bits per heavy atom. The molecule has 0 aliphatic carbocycles. The topological polar surface area (TPSA) is 37.6 Å². The Morgan fingerprint density at radius 3 is 1.94 bits per heavy atom. The van der Waals surface area contributed by atoms with Crippen molar-refractivity contribution in [3.8, 4) is 0 Å². The van der Waals surface area contributed by atoms with Crippen molar-refractivity contribution in [2.75, 3.05) is 0 Å². The highest BCUT2D eigenvalue weighted by atomic mass is 14.8. The second-order valence-electron chi connectivity index (χ2n) is 11.7. The first-order chi connectivity index (χ1) is 16.2. The number of hydrogen-bond donors (Lipinski definition) is 0. The number of aromatic nitrogens is 1. The van der Waals surface area contributed by atoms with E-state index in [4.69, 9.17) is 15.0 Å². The van der Waals surface area contributed by atoms with E-state index in [-0.39, 0.29) is 10.8 Å². The Balaban J connectivity index is 1.84. The van der Waals surface area contributed by atoms with Gasteiger partial charge in [0.25, 0.3) is 0 Å². The molecular formula is C32H41N3. The van der Waals surface area contributed by atoms with E-state index in [9.17, 15) is 0 Å². The van der Waals surface area contributed by atoms with Crippen molar-refractivity contribution in [3.05, 3.63) is 87.7 Å². The number of rotatable bonds is 5. The maximum absolute atomic E-state index is 4.92. The summed E-state index contributed by atoms with van der Waals surface area (Å²) in [6.45, 7) is 21.9. The molecule has 2 aromatic carbocycles. The third kappa shape index (κ3) is 6.97. The van der Waals surface area contributed by atoms with E-state index >= 15 is 0 Å². The Bertz CT molecular complexity index is 1210. The minimum Gasteiger partial charge on any atom is -0.261 e. The van der Waals surface area contributed by atoms with Gasteiger partial charge in [0.05, 0.1) is 22.8 Å². The lowest BCUT2D eigenvalue weighted by Crippen LogP contribution is -2.16. The van der Waals surface area contributed by atoms with Gasteiger partial charge in [-0.05, 0) is 85.0 Å². The van der Waals surface area contributed by atoms with E-state index in [1.54, 1.807) is 0 Å². The molecule has 1 aromatic heterocycles. The van der Waals surface area contributed by atoms with Crippen LogP contribution in [0.1, 0.15) is 87.7 Å². The van der Waals surface area contributed by atoms with Gasteiger partial charge in [0.1, 0.15) is 0 Å². The highest BCUT2D eigenvalue weighted by Crippen LogP contribution is 2.33. The molecule has 3 aromatic rings. The average molecular weight is 468 g/mol. The molecule has 0 saturated carbocycles. The molecular weight excluding hydrogens is 426 g/mol. The lowest BCUT2D eigenvalue weighted by Gasteiger charge is -2.25. The van der Waals surface area contributed by atoms with Gasteiger partial charge in [-0.15, -0.1) is 0 Å². The summed E-state index contributed by atoms with van der Waals surface area (Å²) < 4.78 is 0. The first-order valence-electron chi connectivity index (χ1n) is 12.5. The standard InChI is InChI=1S/C32H41N3/c1-21-16-22(2)30(23(3)17-21)34-24(4)29-13-11-12-27(35-29)14-15-33-28-19-25(31(5,6)7)18-26(20-28)32(8,9)10/h11-13,15-20H,14H2,1-10H3. The van der Waals surface area contributed by atoms with Gasteiger partial charge in [0.2, 0.25) is 0 Å². The molecule has 0 spiro atoms. The van der Waals surface area contributed by atoms with Crippen molar-refractivity contribution in [2.24, 2.45) is 9.98 Å². The Kier molecular flexibility index (Phi) is 7.79. The summed E-state index contributed by atoms with van der Waals surface area (Å²) in [5.41, 5.74) is 11.3. The third-order valence-corrected chi connectivity index (χ3v) is 6.28. The summed E-state index contributed by atoms with van der Waals surface area (Å²) in [7, 11) is 0. The number of hydrogen-bond acceptors (Lipinski definition) is 3. The molecule has 0 aliphatic rings. The molecule has 0 bridgehead atoms. The fraction of sp³-hybridized carbons (Fsp3) is 0.406. The normalized spacial score (nSPS) is 13.0. The maximum Gasteiger partial charge on any atom is 0.0845 e. The molecule has 184 valence electrons. The van der Waals surface area contributed by atoms with E-state index in [1.807, 2.05) is 19.2 Å². The lowest BCUT2D eigenvalue weighted by atomic mass is 9.80. The summed E-state index contributed by atoms with van der Waals surface area (Å²) >= 11 is 0. The molecule has 35 heavy (non-hydrogen) atoms.